The summed E-state index contributed by atoms with van der Waals surface area (Å²) >= 11 is 3.63. The molecule has 5 aromatic rings. The summed E-state index contributed by atoms with van der Waals surface area (Å²) in [6, 6.07) is 36.1. The molecule has 6 rings (SSSR count). The fraction of sp³-hybridized carbons (Fsp3) is 0.250. The summed E-state index contributed by atoms with van der Waals surface area (Å²) in [5.74, 6) is 0.253. The smallest absolute Gasteiger partial charge is 0.217 e. The van der Waals surface area contributed by atoms with Gasteiger partial charge in [-0.1, -0.05) is 88.7 Å². The number of methoxy groups -OCH3 is 1. The van der Waals surface area contributed by atoms with Gasteiger partial charge in [0.1, 0.15) is 17.5 Å². The number of aromatic nitrogens is 1. The van der Waals surface area contributed by atoms with Crippen LogP contribution in [0.3, 0.4) is 0 Å². The topological polar surface area (TPSA) is 37.9 Å². The summed E-state index contributed by atoms with van der Waals surface area (Å²) in [6.07, 6.45) is 1.51. The Balaban J connectivity index is 1.42. The lowest BCUT2D eigenvalue weighted by atomic mass is 9.75. The van der Waals surface area contributed by atoms with Gasteiger partial charge in [-0.15, -0.1) is 0 Å². The zero-order chi connectivity index (χ0) is 29.1. The Kier molecular flexibility index (Phi) is 8.38. The number of hydrogen-bond acceptors (Lipinski definition) is 4. The van der Waals surface area contributed by atoms with Gasteiger partial charge in [-0.05, 0) is 73.0 Å². The first kappa shape index (κ1) is 28.5. The largest absolute Gasteiger partial charge is 0.481 e. The van der Waals surface area contributed by atoms with E-state index in [9.17, 15) is 4.39 Å². The highest BCUT2D eigenvalue weighted by Gasteiger charge is 2.62. The fourth-order valence-corrected chi connectivity index (χ4v) is 6.54. The minimum atomic E-state index is -0.505. The molecule has 1 aliphatic heterocycles. The van der Waals surface area contributed by atoms with Crippen molar-refractivity contribution in [3.8, 4) is 5.88 Å². The quantitative estimate of drug-likeness (QED) is 0.139. The summed E-state index contributed by atoms with van der Waals surface area (Å²) < 4.78 is 27.5. The predicted octanol–water partition coefficient (Wildman–Crippen LogP) is 8.18. The van der Waals surface area contributed by atoms with Crippen molar-refractivity contribution >= 4 is 26.8 Å². The number of benzene rings is 4. The number of pyridine rings is 1. The number of fused-ring (bicyclic) bond motifs is 1. The van der Waals surface area contributed by atoms with Crippen LogP contribution in [0.25, 0.3) is 10.9 Å². The van der Waals surface area contributed by atoms with E-state index < -0.39 is 5.60 Å². The second-order valence-electron chi connectivity index (χ2n) is 11.1. The Morgan fingerprint density at radius 3 is 2.36 bits per heavy atom. The van der Waals surface area contributed by atoms with Gasteiger partial charge in [-0.2, -0.15) is 0 Å². The number of hydrogen-bond donors (Lipinski definition) is 0. The molecule has 1 aromatic heterocycles. The number of likely N-dealkylation sites (N-methyl/N-ethyl adjacent to an activating group) is 1. The third-order valence-electron chi connectivity index (χ3n) is 8.24. The van der Waals surface area contributed by atoms with Crippen molar-refractivity contribution in [3.05, 3.63) is 142 Å². The molecule has 42 heavy (non-hydrogen) atoms. The average molecular weight is 626 g/mol. The molecule has 0 radical (unpaired) electrons. The van der Waals surface area contributed by atoms with Crippen LogP contribution in [0.5, 0.6) is 5.88 Å². The second-order valence-corrected chi connectivity index (χ2v) is 12.1. The van der Waals surface area contributed by atoms with Gasteiger partial charge in [0.15, 0.2) is 0 Å². The normalized spacial score (nSPS) is 18.7. The molecule has 0 spiro atoms. The SMILES string of the molecule is COc1nc2ccc(Br)cc2cc1C(c1ccccc1)C1(CCc2ccc(F)cc2)O[C@@H]1CN(C)Cc1ccccc1. The van der Waals surface area contributed by atoms with Crippen LogP contribution in [0.15, 0.2) is 114 Å². The molecule has 3 atom stereocenters. The van der Waals surface area contributed by atoms with Crippen molar-refractivity contribution in [3.63, 3.8) is 0 Å². The van der Waals surface area contributed by atoms with Crippen LogP contribution >= 0.6 is 15.9 Å². The van der Waals surface area contributed by atoms with Crippen LogP contribution in [-0.2, 0) is 17.7 Å². The Labute approximate surface area is 255 Å². The Morgan fingerprint density at radius 2 is 1.64 bits per heavy atom. The highest BCUT2D eigenvalue weighted by Crippen LogP contribution is 2.55. The monoisotopic (exact) mass is 624 g/mol. The first-order valence-corrected chi connectivity index (χ1v) is 15.1. The van der Waals surface area contributed by atoms with Crippen LogP contribution in [0.2, 0.25) is 0 Å². The van der Waals surface area contributed by atoms with E-state index in [1.54, 1.807) is 7.11 Å². The molecule has 0 bridgehead atoms. The van der Waals surface area contributed by atoms with E-state index in [4.69, 9.17) is 14.5 Å². The lowest BCUT2D eigenvalue weighted by Crippen LogP contribution is -2.33. The van der Waals surface area contributed by atoms with Crippen molar-refractivity contribution in [1.82, 2.24) is 9.88 Å². The summed E-state index contributed by atoms with van der Waals surface area (Å²) in [5.41, 5.74) is 4.88. The van der Waals surface area contributed by atoms with Crippen molar-refractivity contribution in [2.75, 3.05) is 20.7 Å². The molecular formula is C36H34BrFN2O2. The molecule has 6 heteroatoms. The highest BCUT2D eigenvalue weighted by atomic mass is 79.9. The van der Waals surface area contributed by atoms with Gasteiger partial charge in [0.25, 0.3) is 0 Å². The first-order valence-electron chi connectivity index (χ1n) is 14.3. The highest BCUT2D eigenvalue weighted by molar-refractivity contribution is 9.10. The van der Waals surface area contributed by atoms with Gasteiger partial charge in [0, 0.05) is 34.4 Å². The number of rotatable bonds is 11. The van der Waals surface area contributed by atoms with Crippen molar-refractivity contribution in [1.29, 1.82) is 0 Å². The Hall–Kier alpha value is -3.58. The summed E-state index contributed by atoms with van der Waals surface area (Å²) in [5, 5.41) is 1.04. The van der Waals surface area contributed by atoms with Crippen molar-refractivity contribution in [2.24, 2.45) is 0 Å². The van der Waals surface area contributed by atoms with E-state index in [2.05, 4.69) is 88.5 Å². The van der Waals surface area contributed by atoms with Gasteiger partial charge < -0.3 is 9.47 Å². The molecule has 1 aliphatic rings. The maximum Gasteiger partial charge on any atom is 0.217 e. The van der Waals surface area contributed by atoms with Gasteiger partial charge >= 0.3 is 0 Å². The molecule has 214 valence electrons. The zero-order valence-electron chi connectivity index (χ0n) is 23.8. The Morgan fingerprint density at radius 1 is 0.929 bits per heavy atom. The van der Waals surface area contributed by atoms with E-state index in [1.807, 2.05) is 36.4 Å². The maximum atomic E-state index is 13.7. The molecular weight excluding hydrogens is 591 g/mol. The van der Waals surface area contributed by atoms with Crippen molar-refractivity contribution in [2.45, 2.75) is 37.0 Å². The molecule has 2 unspecified atom stereocenters. The predicted molar refractivity (Wildman–Crippen MR) is 169 cm³/mol. The zero-order valence-corrected chi connectivity index (χ0v) is 25.4. The number of nitrogens with zero attached hydrogens (tertiary/aromatic N) is 2. The third-order valence-corrected chi connectivity index (χ3v) is 8.73. The van der Waals surface area contributed by atoms with Crippen LogP contribution < -0.4 is 4.74 Å². The molecule has 0 saturated carbocycles. The van der Waals surface area contributed by atoms with Crippen LogP contribution in [0.1, 0.15) is 34.6 Å². The van der Waals surface area contributed by atoms with Crippen molar-refractivity contribution < 1.29 is 13.9 Å². The number of halogens is 2. The number of epoxide rings is 1. The van der Waals surface area contributed by atoms with E-state index in [-0.39, 0.29) is 17.8 Å². The fourth-order valence-electron chi connectivity index (χ4n) is 6.16. The van der Waals surface area contributed by atoms with E-state index in [0.717, 1.165) is 58.0 Å². The average Bonchev–Trinajstić information content (AvgIpc) is 3.69. The molecule has 0 aliphatic carbocycles. The molecule has 4 aromatic carbocycles. The van der Waals surface area contributed by atoms with Gasteiger partial charge in [0.05, 0.1) is 12.6 Å². The lowest BCUT2D eigenvalue weighted by molar-refractivity contribution is 0.241. The molecule has 1 fully saturated rings. The maximum absolute atomic E-state index is 13.7. The van der Waals surface area contributed by atoms with E-state index in [1.165, 1.54) is 17.7 Å². The van der Waals surface area contributed by atoms with Gasteiger partial charge in [-0.3, -0.25) is 4.90 Å². The van der Waals surface area contributed by atoms with E-state index >= 15 is 0 Å². The minimum Gasteiger partial charge on any atom is -0.481 e. The summed E-state index contributed by atoms with van der Waals surface area (Å²) in [6.45, 7) is 1.61. The number of aryl methyl sites for hydroxylation is 1. The second kappa shape index (κ2) is 12.3. The molecule has 0 N–H and O–H groups in total. The number of ether oxygens (including phenoxy) is 2. The molecule has 0 amide bonds. The molecule has 1 saturated heterocycles. The van der Waals surface area contributed by atoms with Gasteiger partial charge in [0.2, 0.25) is 5.88 Å². The molecule has 2 heterocycles. The minimum absolute atomic E-state index is 0.0141. The van der Waals surface area contributed by atoms with Crippen LogP contribution in [0, 0.1) is 5.82 Å². The van der Waals surface area contributed by atoms with Gasteiger partial charge in [-0.25, -0.2) is 9.37 Å². The van der Waals surface area contributed by atoms with Crippen LogP contribution in [0.4, 0.5) is 4.39 Å². The third kappa shape index (κ3) is 6.12. The Bertz CT molecular complexity index is 1650. The van der Waals surface area contributed by atoms with Crippen LogP contribution in [-0.4, -0.2) is 42.3 Å². The lowest BCUT2D eigenvalue weighted by Gasteiger charge is -2.28. The summed E-state index contributed by atoms with van der Waals surface area (Å²) in [4.78, 5) is 7.27. The summed E-state index contributed by atoms with van der Waals surface area (Å²) in [7, 11) is 3.83. The first-order chi connectivity index (χ1) is 20.4. The molecule has 4 nitrogen and oxygen atoms in total. The van der Waals surface area contributed by atoms with E-state index in [0.29, 0.717) is 5.88 Å². The standard InChI is InChI=1S/C36H34BrFN2O2/c1-40(23-26-9-5-3-6-10-26)24-33-36(42-33,20-19-25-13-16-30(38)17-14-25)34(27-11-7-4-8-12-27)31-22-28-21-29(37)15-18-32(28)39-35(31)41-2/h3-18,21-22,33-34H,19-20,23-24H2,1-2H3/t33-,34?,36?/m1/s1.